The van der Waals surface area contributed by atoms with Crippen LogP contribution in [0.3, 0.4) is 0 Å². The van der Waals surface area contributed by atoms with Crippen LogP contribution < -0.4 is 5.32 Å². The normalized spacial score (nSPS) is 11.6. The van der Waals surface area contributed by atoms with Gasteiger partial charge in [-0.05, 0) is 62.2 Å². The van der Waals surface area contributed by atoms with Crippen molar-refractivity contribution in [3.05, 3.63) is 64.7 Å². The molecular weight excluding hydrogens is 385 g/mol. The predicted molar refractivity (Wildman–Crippen MR) is 107 cm³/mol. The third-order valence-corrected chi connectivity index (χ3v) is 5.17. The van der Waals surface area contributed by atoms with E-state index in [1.165, 1.54) is 23.9 Å². The zero-order valence-corrected chi connectivity index (χ0v) is 16.5. The highest BCUT2D eigenvalue weighted by molar-refractivity contribution is 7.99. The SMILES string of the molecule is Cc1cc(C)c2nc(SCC(=O)Nc3cccc(C(F)(F)F)c3)cc(C)c2c1. The van der Waals surface area contributed by atoms with Crippen LogP contribution in [0.4, 0.5) is 18.9 Å². The number of rotatable bonds is 4. The summed E-state index contributed by atoms with van der Waals surface area (Å²) in [6, 6.07) is 10.7. The molecule has 7 heteroatoms. The number of pyridine rings is 1. The van der Waals surface area contributed by atoms with Gasteiger partial charge >= 0.3 is 6.18 Å². The number of hydrogen-bond donors (Lipinski definition) is 1. The maximum atomic E-state index is 12.8. The van der Waals surface area contributed by atoms with E-state index in [0.29, 0.717) is 5.03 Å². The number of benzene rings is 2. The molecule has 0 radical (unpaired) electrons. The van der Waals surface area contributed by atoms with Crippen molar-refractivity contribution < 1.29 is 18.0 Å². The van der Waals surface area contributed by atoms with Gasteiger partial charge in [0.05, 0.1) is 21.9 Å². The topological polar surface area (TPSA) is 42.0 Å². The highest BCUT2D eigenvalue weighted by Crippen LogP contribution is 2.31. The quantitative estimate of drug-likeness (QED) is 0.550. The van der Waals surface area contributed by atoms with E-state index in [2.05, 4.69) is 22.4 Å². The molecule has 1 heterocycles. The van der Waals surface area contributed by atoms with Crippen LogP contribution in [-0.2, 0) is 11.0 Å². The molecule has 2 aromatic carbocycles. The number of hydrogen-bond acceptors (Lipinski definition) is 3. The van der Waals surface area contributed by atoms with Crippen LogP contribution in [0.15, 0.2) is 47.5 Å². The number of anilines is 1. The number of halogens is 3. The lowest BCUT2D eigenvalue weighted by molar-refractivity contribution is -0.137. The zero-order chi connectivity index (χ0) is 20.5. The lowest BCUT2D eigenvalue weighted by Crippen LogP contribution is -2.15. The van der Waals surface area contributed by atoms with Crippen molar-refractivity contribution in [2.75, 3.05) is 11.1 Å². The average molecular weight is 404 g/mol. The molecule has 3 nitrogen and oxygen atoms in total. The minimum absolute atomic E-state index is 0.0547. The number of carbonyl (C=O) groups is 1. The lowest BCUT2D eigenvalue weighted by atomic mass is 10.0. The number of fused-ring (bicyclic) bond motifs is 1. The Kier molecular flexibility index (Phi) is 5.65. The van der Waals surface area contributed by atoms with Crippen molar-refractivity contribution in [1.29, 1.82) is 0 Å². The van der Waals surface area contributed by atoms with Gasteiger partial charge < -0.3 is 5.32 Å². The number of aromatic nitrogens is 1. The molecule has 3 aromatic rings. The molecular formula is C21H19F3N2OS. The molecule has 0 saturated carbocycles. The Bertz CT molecular complexity index is 1050. The molecule has 0 aliphatic heterocycles. The van der Waals surface area contributed by atoms with Crippen LogP contribution in [0, 0.1) is 20.8 Å². The largest absolute Gasteiger partial charge is 0.416 e. The fourth-order valence-electron chi connectivity index (χ4n) is 3.00. The summed E-state index contributed by atoms with van der Waals surface area (Å²) in [6.07, 6.45) is -4.45. The van der Waals surface area contributed by atoms with Crippen LogP contribution in [-0.4, -0.2) is 16.6 Å². The van der Waals surface area contributed by atoms with E-state index in [1.54, 1.807) is 0 Å². The monoisotopic (exact) mass is 404 g/mol. The van der Waals surface area contributed by atoms with Crippen molar-refractivity contribution in [3.8, 4) is 0 Å². The van der Waals surface area contributed by atoms with Gasteiger partial charge in [-0.15, -0.1) is 0 Å². The highest BCUT2D eigenvalue weighted by atomic mass is 32.2. The first-order chi connectivity index (χ1) is 13.1. The van der Waals surface area contributed by atoms with Crippen molar-refractivity contribution in [1.82, 2.24) is 4.98 Å². The van der Waals surface area contributed by atoms with Crippen LogP contribution >= 0.6 is 11.8 Å². The van der Waals surface area contributed by atoms with Gasteiger partial charge in [0.15, 0.2) is 0 Å². The Balaban J connectivity index is 1.71. The third-order valence-electron chi connectivity index (χ3n) is 4.26. The van der Waals surface area contributed by atoms with E-state index >= 15 is 0 Å². The van der Waals surface area contributed by atoms with Crippen LogP contribution in [0.2, 0.25) is 0 Å². The second kappa shape index (κ2) is 7.83. The van der Waals surface area contributed by atoms with Crippen molar-refractivity contribution in [2.45, 2.75) is 32.0 Å². The van der Waals surface area contributed by atoms with E-state index in [1.807, 2.05) is 26.8 Å². The fourth-order valence-corrected chi connectivity index (χ4v) is 3.77. The Hall–Kier alpha value is -2.54. The summed E-state index contributed by atoms with van der Waals surface area (Å²) >= 11 is 1.25. The number of aryl methyl sites for hydroxylation is 3. The molecule has 1 N–H and O–H groups in total. The van der Waals surface area contributed by atoms with Crippen molar-refractivity contribution in [3.63, 3.8) is 0 Å². The second-order valence-electron chi connectivity index (χ2n) is 6.67. The first-order valence-electron chi connectivity index (χ1n) is 8.62. The van der Waals surface area contributed by atoms with Crippen LogP contribution in [0.1, 0.15) is 22.3 Å². The molecule has 146 valence electrons. The maximum absolute atomic E-state index is 12.8. The van der Waals surface area contributed by atoms with Gasteiger partial charge in [0, 0.05) is 11.1 Å². The summed E-state index contributed by atoms with van der Waals surface area (Å²) in [5, 5.41) is 4.29. The molecule has 3 rings (SSSR count). The van der Waals surface area contributed by atoms with Crippen molar-refractivity contribution >= 4 is 34.3 Å². The predicted octanol–water partition coefficient (Wildman–Crippen LogP) is 5.91. The minimum atomic E-state index is -4.45. The molecule has 0 aliphatic rings. The van der Waals surface area contributed by atoms with E-state index in [0.717, 1.165) is 39.7 Å². The fraction of sp³-hybridized carbons (Fsp3) is 0.238. The van der Waals surface area contributed by atoms with Gasteiger partial charge in [0.2, 0.25) is 5.91 Å². The third kappa shape index (κ3) is 4.65. The number of amides is 1. The maximum Gasteiger partial charge on any atom is 0.416 e. The first kappa shape index (κ1) is 20.2. The van der Waals surface area contributed by atoms with Gasteiger partial charge in [0.25, 0.3) is 0 Å². The Morgan fingerprint density at radius 3 is 2.54 bits per heavy atom. The second-order valence-corrected chi connectivity index (χ2v) is 7.67. The Morgan fingerprint density at radius 1 is 1.07 bits per heavy atom. The summed E-state index contributed by atoms with van der Waals surface area (Å²) in [5.41, 5.74) is 3.51. The number of nitrogens with one attached hydrogen (secondary N) is 1. The molecule has 0 saturated heterocycles. The van der Waals surface area contributed by atoms with E-state index in [4.69, 9.17) is 0 Å². The molecule has 0 fully saturated rings. The molecule has 0 unspecified atom stereocenters. The lowest BCUT2D eigenvalue weighted by Gasteiger charge is -2.11. The molecule has 0 spiro atoms. The van der Waals surface area contributed by atoms with Gasteiger partial charge in [-0.3, -0.25) is 4.79 Å². The minimum Gasteiger partial charge on any atom is -0.325 e. The number of carbonyl (C=O) groups excluding carboxylic acids is 1. The summed E-state index contributed by atoms with van der Waals surface area (Å²) in [5.74, 6) is -0.330. The molecule has 0 bridgehead atoms. The summed E-state index contributed by atoms with van der Waals surface area (Å²) in [4.78, 5) is 16.8. The first-order valence-corrected chi connectivity index (χ1v) is 9.60. The highest BCUT2D eigenvalue weighted by Gasteiger charge is 2.30. The smallest absolute Gasteiger partial charge is 0.325 e. The standard InChI is InChI=1S/C21H19F3N2OS/c1-12-7-14(3)20-17(8-12)13(2)9-19(26-20)28-11-18(27)25-16-6-4-5-15(10-16)21(22,23)24/h4-10H,11H2,1-3H3,(H,25,27). The number of nitrogens with zero attached hydrogens (tertiary/aromatic N) is 1. The number of alkyl halides is 3. The van der Waals surface area contributed by atoms with Crippen LogP contribution in [0.25, 0.3) is 10.9 Å². The molecule has 1 aromatic heterocycles. The molecule has 0 aliphatic carbocycles. The zero-order valence-electron chi connectivity index (χ0n) is 15.6. The van der Waals surface area contributed by atoms with Gasteiger partial charge in [-0.2, -0.15) is 13.2 Å². The summed E-state index contributed by atoms with van der Waals surface area (Å²) in [7, 11) is 0. The van der Waals surface area contributed by atoms with Gasteiger partial charge in [-0.1, -0.05) is 29.5 Å². The van der Waals surface area contributed by atoms with Gasteiger partial charge in [0.1, 0.15) is 0 Å². The van der Waals surface area contributed by atoms with E-state index < -0.39 is 11.7 Å². The molecule has 1 amide bonds. The van der Waals surface area contributed by atoms with Crippen LogP contribution in [0.5, 0.6) is 0 Å². The summed E-state index contributed by atoms with van der Waals surface area (Å²) < 4.78 is 38.3. The van der Waals surface area contributed by atoms with E-state index in [9.17, 15) is 18.0 Å². The summed E-state index contributed by atoms with van der Waals surface area (Å²) in [6.45, 7) is 6.03. The molecule has 0 atom stereocenters. The van der Waals surface area contributed by atoms with E-state index in [-0.39, 0.29) is 17.3 Å². The average Bonchev–Trinajstić information content (AvgIpc) is 2.60. The number of thioether (sulfide) groups is 1. The van der Waals surface area contributed by atoms with Gasteiger partial charge in [-0.25, -0.2) is 4.98 Å². The Labute approximate surface area is 165 Å². The van der Waals surface area contributed by atoms with Crippen molar-refractivity contribution in [2.24, 2.45) is 0 Å². The Morgan fingerprint density at radius 2 is 1.82 bits per heavy atom. The molecule has 28 heavy (non-hydrogen) atoms.